The number of carbonyl (C=O) groups excluding carboxylic acids is 4. The van der Waals surface area contributed by atoms with Gasteiger partial charge in [0.05, 0.1) is 47.0 Å². The van der Waals surface area contributed by atoms with Crippen LogP contribution in [-0.4, -0.2) is 134 Å². The van der Waals surface area contributed by atoms with E-state index in [1.54, 1.807) is 56.1 Å². The maximum Gasteiger partial charge on any atom is 0.257 e. The average Bonchev–Trinajstić information content (AvgIpc) is 3.26. The normalized spacial score (nSPS) is 15.0. The molecule has 6 rings (SSSR count). The summed E-state index contributed by atoms with van der Waals surface area (Å²) < 4.78 is 0. The third kappa shape index (κ3) is 11.2. The van der Waals surface area contributed by atoms with Gasteiger partial charge in [0.1, 0.15) is 0 Å². The number of nitrogens with zero attached hydrogens (tertiary/aromatic N) is 7. The van der Waals surface area contributed by atoms with E-state index in [2.05, 4.69) is 85.7 Å². The second kappa shape index (κ2) is 20.2. The first-order valence-corrected chi connectivity index (χ1v) is 20.6. The predicted molar refractivity (Wildman–Crippen MR) is 233 cm³/mol. The number of benzene rings is 2. The molecule has 14 nitrogen and oxygen atoms in total. The first-order chi connectivity index (χ1) is 28.5. The van der Waals surface area contributed by atoms with Gasteiger partial charge in [-0.05, 0) is 98.6 Å². The van der Waals surface area contributed by atoms with Gasteiger partial charge in [-0.3, -0.25) is 34.0 Å². The summed E-state index contributed by atoms with van der Waals surface area (Å²) in [6, 6.07) is 19.3. The number of piperazine rings is 2. The fourth-order valence-corrected chi connectivity index (χ4v) is 7.53. The van der Waals surface area contributed by atoms with Crippen molar-refractivity contribution in [1.82, 2.24) is 30.0 Å². The molecule has 4 amide bonds. The Bertz CT molecular complexity index is 2050. The highest BCUT2D eigenvalue weighted by Gasteiger charge is 2.26. The summed E-state index contributed by atoms with van der Waals surface area (Å²) >= 11 is 0. The Kier molecular flexibility index (Phi) is 14.6. The topological polar surface area (TPSA) is 146 Å². The number of pyridine rings is 2. The van der Waals surface area contributed by atoms with Crippen molar-refractivity contribution < 1.29 is 19.2 Å². The zero-order valence-electron chi connectivity index (χ0n) is 35.0. The summed E-state index contributed by atoms with van der Waals surface area (Å²) in [5, 5.41) is 9.13. The van der Waals surface area contributed by atoms with E-state index in [1.807, 2.05) is 29.0 Å². The van der Waals surface area contributed by atoms with Crippen LogP contribution >= 0.6 is 0 Å². The maximum absolute atomic E-state index is 13.6. The molecular formula is C45H58N10O4. The van der Waals surface area contributed by atoms with Crippen molar-refractivity contribution >= 4 is 46.4 Å². The van der Waals surface area contributed by atoms with E-state index < -0.39 is 0 Å². The van der Waals surface area contributed by atoms with Gasteiger partial charge < -0.3 is 35.6 Å². The predicted octanol–water partition coefficient (Wildman–Crippen LogP) is 4.75. The van der Waals surface area contributed by atoms with Crippen molar-refractivity contribution in [2.75, 3.05) is 107 Å². The van der Waals surface area contributed by atoms with E-state index in [9.17, 15) is 19.2 Å². The van der Waals surface area contributed by atoms with Gasteiger partial charge in [-0.2, -0.15) is 0 Å². The number of hydrogen-bond acceptors (Lipinski definition) is 10. The van der Waals surface area contributed by atoms with Crippen LogP contribution in [0.5, 0.6) is 0 Å². The van der Waals surface area contributed by atoms with Crippen molar-refractivity contribution in [1.29, 1.82) is 0 Å². The van der Waals surface area contributed by atoms with Crippen LogP contribution in [0.25, 0.3) is 0 Å². The molecule has 3 N–H and O–H groups in total. The van der Waals surface area contributed by atoms with Crippen LogP contribution in [0.3, 0.4) is 0 Å². The van der Waals surface area contributed by atoms with Crippen LogP contribution in [0, 0.1) is 0 Å². The molecule has 4 aromatic rings. The van der Waals surface area contributed by atoms with Gasteiger partial charge in [-0.15, -0.1) is 0 Å². The van der Waals surface area contributed by atoms with E-state index in [4.69, 9.17) is 0 Å². The molecule has 0 bridgehead atoms. The highest BCUT2D eigenvalue weighted by Crippen LogP contribution is 2.34. The molecule has 2 fully saturated rings. The molecule has 1 unspecified atom stereocenters. The highest BCUT2D eigenvalue weighted by molar-refractivity contribution is 6.06. The quantitative estimate of drug-likeness (QED) is 0.154. The van der Waals surface area contributed by atoms with Gasteiger partial charge in [0.2, 0.25) is 11.8 Å². The molecule has 2 aliphatic rings. The number of anilines is 4. The first kappa shape index (κ1) is 42.7. The lowest BCUT2D eigenvalue weighted by atomic mass is 9.96. The first-order valence-electron chi connectivity index (χ1n) is 20.6. The molecule has 1 atom stereocenters. The van der Waals surface area contributed by atoms with E-state index in [1.165, 1.54) is 5.56 Å². The molecule has 312 valence electrons. The minimum Gasteiger partial charge on any atom is -0.366 e. The Morgan fingerprint density at radius 1 is 0.678 bits per heavy atom. The zero-order chi connectivity index (χ0) is 41.9. The van der Waals surface area contributed by atoms with Gasteiger partial charge in [0.15, 0.2) is 0 Å². The van der Waals surface area contributed by atoms with Crippen LogP contribution in [0.1, 0.15) is 70.9 Å². The SMILES string of the molecule is CNCC(=O)N1CCN(c2cc(C(C)CCN(C)CC(=O)N3CCN(c4cc(C(C)C)ccc4NC(=O)c4cccnc4)CC3)ccc2NC(=O)c2cccnc2)CC1. The Morgan fingerprint density at radius 3 is 1.64 bits per heavy atom. The van der Waals surface area contributed by atoms with Gasteiger partial charge in [-0.25, -0.2) is 0 Å². The fourth-order valence-electron chi connectivity index (χ4n) is 7.53. The zero-order valence-corrected chi connectivity index (χ0v) is 35.0. The second-order valence-corrected chi connectivity index (χ2v) is 15.8. The van der Waals surface area contributed by atoms with Crippen molar-refractivity contribution in [3.8, 4) is 0 Å². The van der Waals surface area contributed by atoms with E-state index in [0.29, 0.717) is 88.2 Å². The number of aromatic nitrogens is 2. The van der Waals surface area contributed by atoms with Crippen molar-refractivity contribution in [2.24, 2.45) is 0 Å². The van der Waals surface area contributed by atoms with Crippen LogP contribution < -0.4 is 25.8 Å². The summed E-state index contributed by atoms with van der Waals surface area (Å²) in [7, 11) is 3.77. The smallest absolute Gasteiger partial charge is 0.257 e. The third-order valence-corrected chi connectivity index (χ3v) is 11.2. The van der Waals surface area contributed by atoms with Crippen molar-refractivity contribution in [3.63, 3.8) is 0 Å². The molecule has 2 aliphatic heterocycles. The Labute approximate surface area is 348 Å². The summed E-state index contributed by atoms with van der Waals surface area (Å²) in [5.41, 5.74) is 6.64. The van der Waals surface area contributed by atoms with Crippen LogP contribution in [0.15, 0.2) is 85.5 Å². The number of carbonyl (C=O) groups is 4. The standard InChI is InChI=1S/C45H58N10O4/c1-32(2)34-10-12-38(49-44(58)36-8-6-15-47-28-36)40(26-34)52-20-24-55(25-21-52)43(57)31-51(5)17-14-33(3)35-11-13-39(50-45(59)37-9-7-16-48-29-37)41(27-35)53-18-22-54(23-19-53)42(56)30-46-4/h6-13,15-16,26-29,32-33,46H,14,17-25,30-31H2,1-5H3,(H,49,58)(H,50,59). The van der Waals surface area contributed by atoms with Crippen LogP contribution in [-0.2, 0) is 9.59 Å². The minimum atomic E-state index is -0.231. The molecular weight excluding hydrogens is 745 g/mol. The number of rotatable bonds is 15. The molecule has 4 heterocycles. The van der Waals surface area contributed by atoms with Gasteiger partial charge in [0, 0.05) is 77.1 Å². The van der Waals surface area contributed by atoms with E-state index in [-0.39, 0.29) is 29.5 Å². The lowest BCUT2D eigenvalue weighted by Gasteiger charge is -2.38. The molecule has 0 saturated carbocycles. The lowest BCUT2D eigenvalue weighted by Crippen LogP contribution is -2.51. The van der Waals surface area contributed by atoms with Gasteiger partial charge in [0.25, 0.3) is 11.8 Å². The molecule has 0 spiro atoms. The second-order valence-electron chi connectivity index (χ2n) is 15.8. The summed E-state index contributed by atoms with van der Waals surface area (Å²) in [4.78, 5) is 70.9. The molecule has 59 heavy (non-hydrogen) atoms. The molecule has 0 aliphatic carbocycles. The number of likely N-dealkylation sites (N-methyl/N-ethyl adjacent to an activating group) is 2. The van der Waals surface area contributed by atoms with Crippen LogP contribution in [0.2, 0.25) is 0 Å². The number of amides is 4. The molecule has 0 radical (unpaired) electrons. The Morgan fingerprint density at radius 2 is 1.17 bits per heavy atom. The number of nitrogens with one attached hydrogen (secondary N) is 3. The fraction of sp³-hybridized carbons (Fsp3) is 0.422. The third-order valence-electron chi connectivity index (χ3n) is 11.2. The van der Waals surface area contributed by atoms with E-state index in [0.717, 1.165) is 35.6 Å². The molecule has 2 saturated heterocycles. The van der Waals surface area contributed by atoms with Gasteiger partial charge in [-0.1, -0.05) is 32.9 Å². The largest absolute Gasteiger partial charge is 0.366 e. The monoisotopic (exact) mass is 802 g/mol. The molecule has 2 aromatic carbocycles. The van der Waals surface area contributed by atoms with Crippen molar-refractivity contribution in [3.05, 3.63) is 108 Å². The lowest BCUT2D eigenvalue weighted by molar-refractivity contribution is -0.132. The summed E-state index contributed by atoms with van der Waals surface area (Å²) in [6.45, 7) is 12.9. The minimum absolute atomic E-state index is 0.0789. The Hall–Kier alpha value is -5.86. The summed E-state index contributed by atoms with van der Waals surface area (Å²) in [6.07, 6.45) is 7.23. The van der Waals surface area contributed by atoms with E-state index >= 15 is 0 Å². The van der Waals surface area contributed by atoms with Crippen LogP contribution in [0.4, 0.5) is 22.7 Å². The summed E-state index contributed by atoms with van der Waals surface area (Å²) in [5.74, 6) is 0.252. The number of hydrogen-bond donors (Lipinski definition) is 3. The molecule has 2 aromatic heterocycles. The van der Waals surface area contributed by atoms with Gasteiger partial charge >= 0.3 is 0 Å². The van der Waals surface area contributed by atoms with Crippen molar-refractivity contribution in [2.45, 2.75) is 39.0 Å². The average molecular weight is 803 g/mol. The maximum atomic E-state index is 13.6. The Balaban J connectivity index is 1.05. The molecule has 14 heteroatoms. The highest BCUT2D eigenvalue weighted by atomic mass is 16.2.